The van der Waals surface area contributed by atoms with Gasteiger partial charge >= 0.3 is 0 Å². The van der Waals surface area contributed by atoms with E-state index in [2.05, 4.69) is 0 Å². The van der Waals surface area contributed by atoms with Crippen molar-refractivity contribution < 1.29 is 19.3 Å². The number of Topliss-reactive ketones (excluding diaryl/α,β-unsaturated/α-hetero) is 1. The first-order valence-electron chi connectivity index (χ1n) is 6.09. The molecule has 1 aromatic carbocycles. The fraction of sp³-hybridized carbons (Fsp3) is 0.250. The number of non-ortho nitro benzene ring substituents is 1. The number of amides is 2. The second kappa shape index (κ2) is 5.67. The number of nitrogens with two attached hydrogens (primary N) is 1. The van der Waals surface area contributed by atoms with Gasteiger partial charge in [-0.1, -0.05) is 0 Å². The van der Waals surface area contributed by atoms with Gasteiger partial charge in [0.15, 0.2) is 0 Å². The maximum atomic E-state index is 11.9. The number of nitro groups is 1. The zero-order valence-electron chi connectivity index (χ0n) is 10.9. The lowest BCUT2D eigenvalue weighted by molar-refractivity contribution is -0.384. The summed E-state index contributed by atoms with van der Waals surface area (Å²) in [5.41, 5.74) is 2.05. The van der Waals surface area contributed by atoms with Crippen LogP contribution in [0.1, 0.15) is 23.2 Å². The monoisotopic (exact) mass is 292 g/mol. The number of nitrogens with zero attached hydrogens (tertiary/aromatic N) is 2. The zero-order chi connectivity index (χ0) is 15.6. The van der Waals surface area contributed by atoms with Gasteiger partial charge in [-0.05, 0) is 12.5 Å². The van der Waals surface area contributed by atoms with Gasteiger partial charge in [0, 0.05) is 25.1 Å². The van der Waals surface area contributed by atoms with Crippen LogP contribution in [-0.2, 0) is 9.59 Å². The van der Waals surface area contributed by atoms with Crippen LogP contribution in [0.15, 0.2) is 18.2 Å². The summed E-state index contributed by atoms with van der Waals surface area (Å²) < 4.78 is 0. The fourth-order valence-electron chi connectivity index (χ4n) is 2.09. The normalized spacial score (nSPS) is 13.3. The lowest BCUT2D eigenvalue weighted by Crippen LogP contribution is -2.33. The van der Waals surface area contributed by atoms with Gasteiger partial charge in [-0.25, -0.2) is 5.84 Å². The Labute approximate surface area is 118 Å². The number of carbonyl (C=O) groups excluding carboxylic acids is 3. The molecule has 1 aliphatic rings. The van der Waals surface area contributed by atoms with Crippen molar-refractivity contribution in [3.63, 3.8) is 0 Å². The van der Waals surface area contributed by atoms with Crippen LogP contribution in [0.5, 0.6) is 0 Å². The third kappa shape index (κ3) is 2.72. The molecule has 9 heteroatoms. The zero-order valence-corrected chi connectivity index (χ0v) is 10.9. The van der Waals surface area contributed by atoms with Gasteiger partial charge in [0.1, 0.15) is 0 Å². The predicted molar refractivity (Wildman–Crippen MR) is 71.3 cm³/mol. The smallest absolute Gasteiger partial charge is 0.299 e. The van der Waals surface area contributed by atoms with Crippen LogP contribution in [0.3, 0.4) is 0 Å². The second-order valence-electron chi connectivity index (χ2n) is 4.42. The number of fused-ring (bicyclic) bond motifs is 1. The van der Waals surface area contributed by atoms with Crippen molar-refractivity contribution in [3.8, 4) is 0 Å². The molecule has 1 heterocycles. The van der Waals surface area contributed by atoms with Crippen molar-refractivity contribution in [2.24, 2.45) is 5.84 Å². The van der Waals surface area contributed by atoms with Crippen molar-refractivity contribution >= 4 is 29.0 Å². The molecule has 1 aliphatic heterocycles. The molecule has 0 fully saturated rings. The summed E-state index contributed by atoms with van der Waals surface area (Å²) >= 11 is 0. The van der Waals surface area contributed by atoms with Gasteiger partial charge in [-0.2, -0.15) is 0 Å². The third-order valence-electron chi connectivity index (χ3n) is 3.11. The summed E-state index contributed by atoms with van der Waals surface area (Å²) in [6.07, 6.45) is 0.426. The highest BCUT2D eigenvalue weighted by Crippen LogP contribution is 2.32. The third-order valence-corrected chi connectivity index (χ3v) is 3.11. The average Bonchev–Trinajstić information content (AvgIpc) is 2.71. The summed E-state index contributed by atoms with van der Waals surface area (Å²) in [5, 5.41) is 10.7. The van der Waals surface area contributed by atoms with Crippen molar-refractivity contribution in [1.82, 2.24) is 5.43 Å². The Bertz CT molecular complexity index is 643. The number of ketones is 1. The van der Waals surface area contributed by atoms with Crippen LogP contribution < -0.4 is 16.2 Å². The van der Waals surface area contributed by atoms with E-state index < -0.39 is 16.6 Å². The number of benzene rings is 1. The minimum Gasteiger partial charge on any atom is -0.305 e. The number of hydrazine groups is 1. The first kappa shape index (κ1) is 14.6. The van der Waals surface area contributed by atoms with Crippen LogP contribution in [0.2, 0.25) is 0 Å². The molecule has 0 aliphatic carbocycles. The Kier molecular flexibility index (Phi) is 3.94. The molecule has 0 saturated heterocycles. The van der Waals surface area contributed by atoms with E-state index in [-0.39, 0.29) is 30.1 Å². The van der Waals surface area contributed by atoms with Gasteiger partial charge in [-0.15, -0.1) is 0 Å². The predicted octanol–water partition coefficient (Wildman–Crippen LogP) is -0.106. The summed E-state index contributed by atoms with van der Waals surface area (Å²) in [5.74, 6) is 3.03. The number of hydrogen-bond acceptors (Lipinski definition) is 6. The average molecular weight is 292 g/mol. The summed E-state index contributed by atoms with van der Waals surface area (Å²) in [4.78, 5) is 46.0. The van der Waals surface area contributed by atoms with Gasteiger partial charge in [-0.3, -0.25) is 29.9 Å². The number of hydrogen-bond donors (Lipinski definition) is 2. The number of nitrogens with one attached hydrogen (secondary N) is 1. The second-order valence-corrected chi connectivity index (χ2v) is 4.42. The van der Waals surface area contributed by atoms with Crippen molar-refractivity contribution in [2.45, 2.75) is 12.8 Å². The van der Waals surface area contributed by atoms with E-state index in [1.54, 1.807) is 0 Å². The SMILES string of the molecule is NNC(=O)CCCN1C(=O)C(=O)c2cc([N+](=O)[O-])ccc21. The largest absolute Gasteiger partial charge is 0.305 e. The fourth-order valence-corrected chi connectivity index (χ4v) is 2.09. The summed E-state index contributed by atoms with van der Waals surface area (Å²) in [6.45, 7) is 0.156. The quantitative estimate of drug-likeness (QED) is 0.255. The van der Waals surface area contributed by atoms with E-state index in [9.17, 15) is 24.5 Å². The standard InChI is InChI=1S/C12H12N4O5/c13-14-10(17)2-1-5-15-9-4-3-7(16(20)21)6-8(9)11(18)12(15)19/h3-4,6H,1-2,5,13H2,(H,14,17). The molecule has 0 aromatic heterocycles. The molecule has 2 rings (SSSR count). The summed E-state index contributed by atoms with van der Waals surface area (Å²) in [7, 11) is 0. The molecule has 21 heavy (non-hydrogen) atoms. The Balaban J connectivity index is 2.19. The Morgan fingerprint density at radius 2 is 2.10 bits per heavy atom. The molecular weight excluding hydrogens is 280 g/mol. The van der Waals surface area contributed by atoms with E-state index in [1.165, 1.54) is 17.0 Å². The molecule has 0 saturated carbocycles. The molecule has 0 bridgehead atoms. The number of carbonyl (C=O) groups is 3. The van der Waals surface area contributed by atoms with E-state index in [1.807, 2.05) is 5.43 Å². The minimum absolute atomic E-state index is 0.0116. The minimum atomic E-state index is -0.781. The van der Waals surface area contributed by atoms with Crippen molar-refractivity contribution in [3.05, 3.63) is 33.9 Å². The molecular formula is C12H12N4O5. The molecule has 0 radical (unpaired) electrons. The molecule has 0 atom stereocenters. The van der Waals surface area contributed by atoms with E-state index >= 15 is 0 Å². The molecule has 9 nitrogen and oxygen atoms in total. The molecule has 0 spiro atoms. The maximum Gasteiger partial charge on any atom is 0.299 e. The molecule has 2 amide bonds. The lowest BCUT2D eigenvalue weighted by Gasteiger charge is -2.15. The first-order valence-corrected chi connectivity index (χ1v) is 6.09. The van der Waals surface area contributed by atoms with E-state index in [0.717, 1.165) is 6.07 Å². The van der Waals surface area contributed by atoms with Crippen LogP contribution in [0.4, 0.5) is 11.4 Å². The van der Waals surface area contributed by atoms with Gasteiger partial charge in [0.2, 0.25) is 5.91 Å². The van der Waals surface area contributed by atoms with Crippen LogP contribution in [0, 0.1) is 10.1 Å². The van der Waals surface area contributed by atoms with Crippen molar-refractivity contribution in [1.29, 1.82) is 0 Å². The molecule has 0 unspecified atom stereocenters. The number of nitro benzene ring substituents is 1. The van der Waals surface area contributed by atoms with Crippen LogP contribution in [0.25, 0.3) is 0 Å². The number of rotatable bonds is 5. The van der Waals surface area contributed by atoms with Crippen LogP contribution >= 0.6 is 0 Å². The maximum absolute atomic E-state index is 11.9. The van der Waals surface area contributed by atoms with E-state index in [0.29, 0.717) is 12.1 Å². The molecule has 3 N–H and O–H groups in total. The Hall–Kier alpha value is -2.81. The highest BCUT2D eigenvalue weighted by molar-refractivity contribution is 6.52. The van der Waals surface area contributed by atoms with Gasteiger partial charge in [0.25, 0.3) is 17.4 Å². The van der Waals surface area contributed by atoms with E-state index in [4.69, 9.17) is 5.84 Å². The van der Waals surface area contributed by atoms with Crippen molar-refractivity contribution in [2.75, 3.05) is 11.4 Å². The molecule has 110 valence electrons. The molecule has 1 aromatic rings. The van der Waals surface area contributed by atoms with Gasteiger partial charge in [0.05, 0.1) is 16.2 Å². The lowest BCUT2D eigenvalue weighted by atomic mass is 10.1. The topological polar surface area (TPSA) is 136 Å². The number of anilines is 1. The van der Waals surface area contributed by atoms with Crippen LogP contribution in [-0.4, -0.2) is 29.1 Å². The van der Waals surface area contributed by atoms with Gasteiger partial charge < -0.3 is 4.90 Å². The Morgan fingerprint density at radius 3 is 2.71 bits per heavy atom. The highest BCUT2D eigenvalue weighted by atomic mass is 16.6. The Morgan fingerprint density at radius 1 is 1.38 bits per heavy atom. The highest BCUT2D eigenvalue weighted by Gasteiger charge is 2.36. The first-order chi connectivity index (χ1) is 9.95. The summed E-state index contributed by atoms with van der Waals surface area (Å²) in [6, 6.07) is 3.67.